The highest BCUT2D eigenvalue weighted by atomic mass is 16.4. The molecule has 2 N–H and O–H groups in total. The third-order valence-corrected chi connectivity index (χ3v) is 1.000. The average Bonchev–Trinajstić information content (AvgIpc) is 1.87. The normalized spacial score (nSPS) is 14.4. The van der Waals surface area contributed by atoms with Crippen molar-refractivity contribution in [3.05, 3.63) is 24.3 Å². The second-order valence-electron chi connectivity index (χ2n) is 1.88. The van der Waals surface area contributed by atoms with Crippen LogP contribution < -0.4 is 0 Å². The second-order valence-corrected chi connectivity index (χ2v) is 1.88. The number of carbonyl (C=O) groups is 1. The molecule has 0 heterocycles. The minimum absolute atomic E-state index is 0.118. The molecule has 3 heteroatoms. The number of carboxylic acids is 1. The van der Waals surface area contributed by atoms with Crippen molar-refractivity contribution < 1.29 is 15.0 Å². The van der Waals surface area contributed by atoms with Crippen LogP contribution in [0, 0.1) is 0 Å². The summed E-state index contributed by atoms with van der Waals surface area (Å²) in [6.45, 7) is 4.70. The molecule has 0 radical (unpaired) electrons. The SMILES string of the molecule is C=CC(O)/C=C(\C)C(=O)O. The summed E-state index contributed by atoms with van der Waals surface area (Å²) in [6, 6.07) is 0. The summed E-state index contributed by atoms with van der Waals surface area (Å²) in [5, 5.41) is 17.1. The fraction of sp³-hybridized carbons (Fsp3) is 0.286. The van der Waals surface area contributed by atoms with E-state index in [9.17, 15) is 4.79 Å². The molecule has 10 heavy (non-hydrogen) atoms. The number of rotatable bonds is 3. The molecule has 0 saturated carbocycles. The van der Waals surface area contributed by atoms with E-state index in [1.807, 2.05) is 0 Å². The van der Waals surface area contributed by atoms with Gasteiger partial charge in [-0.3, -0.25) is 0 Å². The van der Waals surface area contributed by atoms with Crippen molar-refractivity contribution in [3.8, 4) is 0 Å². The summed E-state index contributed by atoms with van der Waals surface area (Å²) >= 11 is 0. The van der Waals surface area contributed by atoms with Crippen LogP contribution in [0.5, 0.6) is 0 Å². The molecule has 0 fully saturated rings. The van der Waals surface area contributed by atoms with Gasteiger partial charge in [-0.1, -0.05) is 6.08 Å². The van der Waals surface area contributed by atoms with Gasteiger partial charge in [0.25, 0.3) is 0 Å². The van der Waals surface area contributed by atoms with E-state index < -0.39 is 12.1 Å². The molecule has 0 aromatic rings. The van der Waals surface area contributed by atoms with Crippen LogP contribution in [0.2, 0.25) is 0 Å². The van der Waals surface area contributed by atoms with Crippen molar-refractivity contribution in [2.45, 2.75) is 13.0 Å². The van der Waals surface area contributed by atoms with Gasteiger partial charge in [-0.2, -0.15) is 0 Å². The number of aliphatic carboxylic acids is 1. The van der Waals surface area contributed by atoms with Gasteiger partial charge >= 0.3 is 5.97 Å². The van der Waals surface area contributed by atoms with Crippen LogP contribution in [0.4, 0.5) is 0 Å². The molecule has 0 rings (SSSR count). The van der Waals surface area contributed by atoms with Crippen molar-refractivity contribution in [2.75, 3.05) is 0 Å². The van der Waals surface area contributed by atoms with E-state index in [1.165, 1.54) is 19.1 Å². The molecule has 0 aromatic heterocycles. The van der Waals surface area contributed by atoms with Crippen molar-refractivity contribution in [2.24, 2.45) is 0 Å². The maximum atomic E-state index is 10.1. The quantitative estimate of drug-likeness (QED) is 0.447. The largest absolute Gasteiger partial charge is 0.478 e. The van der Waals surface area contributed by atoms with E-state index in [4.69, 9.17) is 10.2 Å². The molecule has 0 aliphatic heterocycles. The van der Waals surface area contributed by atoms with Gasteiger partial charge in [0.1, 0.15) is 0 Å². The van der Waals surface area contributed by atoms with E-state index in [1.54, 1.807) is 0 Å². The van der Waals surface area contributed by atoms with Crippen molar-refractivity contribution in [3.63, 3.8) is 0 Å². The van der Waals surface area contributed by atoms with E-state index >= 15 is 0 Å². The Balaban J connectivity index is 4.15. The van der Waals surface area contributed by atoms with Gasteiger partial charge in [0.15, 0.2) is 0 Å². The number of carboxylic acid groups (broad SMARTS) is 1. The Morgan fingerprint density at radius 2 is 2.20 bits per heavy atom. The minimum Gasteiger partial charge on any atom is -0.478 e. The summed E-state index contributed by atoms with van der Waals surface area (Å²) in [5.74, 6) is -1.03. The summed E-state index contributed by atoms with van der Waals surface area (Å²) in [7, 11) is 0. The summed E-state index contributed by atoms with van der Waals surface area (Å²) < 4.78 is 0. The van der Waals surface area contributed by atoms with Gasteiger partial charge < -0.3 is 10.2 Å². The van der Waals surface area contributed by atoms with Crippen molar-refractivity contribution in [1.29, 1.82) is 0 Å². The van der Waals surface area contributed by atoms with Crippen LogP contribution in [-0.2, 0) is 4.79 Å². The molecule has 0 spiro atoms. The number of aliphatic hydroxyl groups excluding tert-OH is 1. The Hall–Kier alpha value is -1.09. The average molecular weight is 142 g/mol. The first-order chi connectivity index (χ1) is 4.57. The number of aliphatic hydroxyl groups is 1. The fourth-order valence-electron chi connectivity index (χ4n) is 0.395. The van der Waals surface area contributed by atoms with Crippen LogP contribution in [0.15, 0.2) is 24.3 Å². The highest BCUT2D eigenvalue weighted by molar-refractivity contribution is 5.85. The summed E-state index contributed by atoms with van der Waals surface area (Å²) in [6.07, 6.45) is 1.61. The molecule has 3 nitrogen and oxygen atoms in total. The standard InChI is InChI=1S/C7H10O3/c1-3-6(8)4-5(2)7(9)10/h3-4,6,8H,1H2,2H3,(H,9,10)/b5-4+. The smallest absolute Gasteiger partial charge is 0.331 e. The molecule has 1 unspecified atom stereocenters. The Kier molecular flexibility index (Phi) is 3.43. The van der Waals surface area contributed by atoms with Gasteiger partial charge in [0.05, 0.1) is 6.10 Å². The van der Waals surface area contributed by atoms with E-state index in [0.717, 1.165) is 0 Å². The highest BCUT2D eigenvalue weighted by Gasteiger charge is 2.00. The first-order valence-corrected chi connectivity index (χ1v) is 2.80. The Labute approximate surface area is 59.3 Å². The topological polar surface area (TPSA) is 57.5 Å². The molecular weight excluding hydrogens is 132 g/mol. The lowest BCUT2D eigenvalue weighted by molar-refractivity contribution is -0.132. The third-order valence-electron chi connectivity index (χ3n) is 1.000. The van der Waals surface area contributed by atoms with Crippen LogP contribution in [-0.4, -0.2) is 22.3 Å². The Morgan fingerprint density at radius 3 is 2.50 bits per heavy atom. The first kappa shape index (κ1) is 8.91. The Bertz CT molecular complexity index is 170. The van der Waals surface area contributed by atoms with E-state index in [-0.39, 0.29) is 5.57 Å². The zero-order chi connectivity index (χ0) is 8.15. The molecule has 0 amide bonds. The molecule has 0 bridgehead atoms. The lowest BCUT2D eigenvalue weighted by Gasteiger charge is -1.96. The van der Waals surface area contributed by atoms with E-state index in [2.05, 4.69) is 6.58 Å². The summed E-state index contributed by atoms with van der Waals surface area (Å²) in [5.41, 5.74) is 0.118. The van der Waals surface area contributed by atoms with Crippen LogP contribution in [0.25, 0.3) is 0 Å². The minimum atomic E-state index is -1.03. The molecule has 1 atom stereocenters. The zero-order valence-electron chi connectivity index (χ0n) is 5.74. The molecule has 0 saturated heterocycles. The summed E-state index contributed by atoms with van der Waals surface area (Å²) in [4.78, 5) is 10.1. The van der Waals surface area contributed by atoms with Crippen molar-refractivity contribution in [1.82, 2.24) is 0 Å². The third kappa shape index (κ3) is 3.04. The first-order valence-electron chi connectivity index (χ1n) is 2.80. The van der Waals surface area contributed by atoms with Crippen LogP contribution in [0.1, 0.15) is 6.92 Å². The molecule has 0 aliphatic rings. The van der Waals surface area contributed by atoms with Gasteiger partial charge in [0, 0.05) is 5.57 Å². The van der Waals surface area contributed by atoms with E-state index in [0.29, 0.717) is 0 Å². The van der Waals surface area contributed by atoms with Gasteiger partial charge in [-0.05, 0) is 13.0 Å². The highest BCUT2D eigenvalue weighted by Crippen LogP contribution is 1.96. The molecule has 56 valence electrons. The van der Waals surface area contributed by atoms with Crippen LogP contribution >= 0.6 is 0 Å². The fourth-order valence-corrected chi connectivity index (χ4v) is 0.395. The van der Waals surface area contributed by atoms with Crippen molar-refractivity contribution >= 4 is 5.97 Å². The zero-order valence-corrected chi connectivity index (χ0v) is 5.74. The molecule has 0 aliphatic carbocycles. The lowest BCUT2D eigenvalue weighted by atomic mass is 10.2. The molecular formula is C7H10O3. The number of hydrogen-bond donors (Lipinski definition) is 2. The maximum Gasteiger partial charge on any atom is 0.331 e. The lowest BCUT2D eigenvalue weighted by Crippen LogP contribution is -2.02. The predicted octanol–water partition coefficient (Wildman–Crippen LogP) is 0.564. The van der Waals surface area contributed by atoms with Gasteiger partial charge in [-0.15, -0.1) is 6.58 Å². The number of hydrogen-bond acceptors (Lipinski definition) is 2. The second kappa shape index (κ2) is 3.85. The Morgan fingerprint density at radius 1 is 1.70 bits per heavy atom. The monoisotopic (exact) mass is 142 g/mol. The van der Waals surface area contributed by atoms with Gasteiger partial charge in [-0.25, -0.2) is 4.79 Å². The van der Waals surface area contributed by atoms with Gasteiger partial charge in [0.2, 0.25) is 0 Å². The van der Waals surface area contributed by atoms with Crippen LogP contribution in [0.3, 0.4) is 0 Å². The maximum absolute atomic E-state index is 10.1. The molecule has 0 aromatic carbocycles. The predicted molar refractivity (Wildman–Crippen MR) is 37.6 cm³/mol.